The zero-order chi connectivity index (χ0) is 42.0. The Bertz CT molecular complexity index is 2680. The second-order valence-electron chi connectivity index (χ2n) is 14.5. The smallest absolute Gasteiger partial charge is 0.261 e. The molecule has 0 bridgehead atoms. The van der Waals surface area contributed by atoms with Gasteiger partial charge >= 0.3 is 0 Å². The Morgan fingerprint density at radius 1 is 0.705 bits per heavy atom. The van der Waals surface area contributed by atoms with Crippen LogP contribution in [0.3, 0.4) is 0 Å². The predicted octanol–water partition coefficient (Wildman–Crippen LogP) is 10.8. The number of carbonyl (C=O) groups excluding carboxylic acids is 2. The molecule has 1 aliphatic rings. The summed E-state index contributed by atoms with van der Waals surface area (Å²) in [6, 6.07) is 38.8. The summed E-state index contributed by atoms with van der Waals surface area (Å²) in [7, 11) is 0. The van der Waals surface area contributed by atoms with Crippen LogP contribution in [-0.2, 0) is 29.0 Å². The molecule has 0 radical (unpaired) electrons. The van der Waals surface area contributed by atoms with Crippen molar-refractivity contribution >= 4 is 45.8 Å². The minimum Gasteiger partial charge on any atom is -0.491 e. The van der Waals surface area contributed by atoms with Crippen molar-refractivity contribution in [2.75, 3.05) is 25.1 Å². The van der Waals surface area contributed by atoms with Gasteiger partial charge in [0, 0.05) is 17.7 Å². The number of imide groups is 1. The standard InChI is InChI=1S/C49H42ClFN4O6/c50-42-29-38(17-21-44(42)60-30-33-9-4-11-37(51)25-33)54-48-41-27-35(16-20-43(41)52-31-53-48)34-14-18-39(19-15-34)59-24-23-58-22-3-1-2-7-32-8-5-12-40(26-32)61-45-13-6-10-36-28-46(56)55-49(57)47(36)45/h4-6,8-21,25-27,29,31H,1-3,7,22-24,28,30H2,(H,52,53,54)(H,55,56,57). The molecule has 0 fully saturated rings. The summed E-state index contributed by atoms with van der Waals surface area (Å²) in [6.07, 6.45) is 5.53. The molecule has 0 unspecified atom stereocenters. The van der Waals surface area contributed by atoms with E-state index in [0.717, 1.165) is 64.7 Å². The van der Waals surface area contributed by atoms with Gasteiger partial charge in [0.25, 0.3) is 5.91 Å². The fourth-order valence-corrected chi connectivity index (χ4v) is 7.33. The molecule has 0 atom stereocenters. The Kier molecular flexibility index (Phi) is 13.1. The lowest BCUT2D eigenvalue weighted by Crippen LogP contribution is -2.37. The molecule has 2 N–H and O–H groups in total. The molecule has 6 aromatic carbocycles. The van der Waals surface area contributed by atoms with E-state index in [0.29, 0.717) is 64.6 Å². The third-order valence-electron chi connectivity index (χ3n) is 10.1. The summed E-state index contributed by atoms with van der Waals surface area (Å²) in [5.41, 5.74) is 6.48. The van der Waals surface area contributed by atoms with Gasteiger partial charge in [0.05, 0.1) is 29.1 Å². The Balaban J connectivity index is 0.759. The highest BCUT2D eigenvalue weighted by Crippen LogP contribution is 2.34. The molecule has 12 heteroatoms. The van der Waals surface area contributed by atoms with Gasteiger partial charge < -0.3 is 24.3 Å². The number of hydrogen-bond donors (Lipinski definition) is 2. The molecule has 0 saturated carbocycles. The summed E-state index contributed by atoms with van der Waals surface area (Å²) in [6.45, 7) is 1.79. The van der Waals surface area contributed by atoms with Crippen LogP contribution >= 0.6 is 11.6 Å². The summed E-state index contributed by atoms with van der Waals surface area (Å²) in [5, 5.41) is 6.99. The number of amides is 2. The second kappa shape index (κ2) is 19.5. The number of ether oxygens (including phenoxy) is 4. The number of nitrogens with zero attached hydrogens (tertiary/aromatic N) is 2. The van der Waals surface area contributed by atoms with E-state index in [1.807, 2.05) is 60.7 Å². The van der Waals surface area contributed by atoms with Crippen LogP contribution in [0.15, 0.2) is 134 Å². The minimum atomic E-state index is -0.430. The molecule has 2 heterocycles. The lowest BCUT2D eigenvalue weighted by molar-refractivity contribution is -0.119. The number of fused-ring (bicyclic) bond motifs is 2. The van der Waals surface area contributed by atoms with Gasteiger partial charge in [-0.1, -0.05) is 72.6 Å². The first-order valence-corrected chi connectivity index (χ1v) is 20.4. The molecular weight excluding hydrogens is 795 g/mol. The van der Waals surface area contributed by atoms with Crippen molar-refractivity contribution in [3.8, 4) is 34.1 Å². The highest BCUT2D eigenvalue weighted by molar-refractivity contribution is 6.32. The van der Waals surface area contributed by atoms with Crippen molar-refractivity contribution in [3.05, 3.63) is 167 Å². The zero-order valence-corrected chi connectivity index (χ0v) is 33.9. The van der Waals surface area contributed by atoms with Crippen LogP contribution in [0.5, 0.6) is 23.0 Å². The number of halogens is 2. The third-order valence-corrected chi connectivity index (χ3v) is 10.4. The van der Waals surface area contributed by atoms with Crippen molar-refractivity contribution < 1.29 is 32.9 Å². The lowest BCUT2D eigenvalue weighted by Gasteiger charge is -2.18. The molecule has 1 aromatic heterocycles. The molecule has 308 valence electrons. The number of aromatic nitrogens is 2. The van der Waals surface area contributed by atoms with Gasteiger partial charge in [-0.3, -0.25) is 14.9 Å². The van der Waals surface area contributed by atoms with Gasteiger partial charge in [-0.25, -0.2) is 14.4 Å². The largest absolute Gasteiger partial charge is 0.491 e. The van der Waals surface area contributed by atoms with E-state index in [1.165, 1.54) is 18.5 Å². The van der Waals surface area contributed by atoms with E-state index >= 15 is 0 Å². The fourth-order valence-electron chi connectivity index (χ4n) is 7.09. The average Bonchev–Trinajstić information content (AvgIpc) is 3.26. The molecule has 0 spiro atoms. The van der Waals surface area contributed by atoms with Gasteiger partial charge in [0.1, 0.15) is 54.2 Å². The number of hydrogen-bond acceptors (Lipinski definition) is 9. The Hall–Kier alpha value is -6.82. The van der Waals surface area contributed by atoms with Crippen molar-refractivity contribution in [1.82, 2.24) is 15.3 Å². The van der Waals surface area contributed by atoms with Gasteiger partial charge in [0.2, 0.25) is 5.91 Å². The predicted molar refractivity (Wildman–Crippen MR) is 233 cm³/mol. The number of nitrogens with one attached hydrogen (secondary N) is 2. The minimum absolute atomic E-state index is 0.158. The molecule has 1 aliphatic heterocycles. The maximum atomic E-state index is 13.6. The second-order valence-corrected chi connectivity index (χ2v) is 14.9. The number of aryl methyl sites for hydroxylation is 1. The monoisotopic (exact) mass is 836 g/mol. The van der Waals surface area contributed by atoms with Crippen LogP contribution < -0.4 is 24.8 Å². The summed E-state index contributed by atoms with van der Waals surface area (Å²) < 4.78 is 37.3. The Morgan fingerprint density at radius 2 is 1.54 bits per heavy atom. The Morgan fingerprint density at radius 3 is 2.41 bits per heavy atom. The van der Waals surface area contributed by atoms with E-state index in [9.17, 15) is 14.0 Å². The maximum absolute atomic E-state index is 13.6. The van der Waals surface area contributed by atoms with Gasteiger partial charge in [-0.05, 0) is 120 Å². The van der Waals surface area contributed by atoms with Crippen molar-refractivity contribution in [3.63, 3.8) is 0 Å². The Labute approximate surface area is 357 Å². The van der Waals surface area contributed by atoms with Crippen molar-refractivity contribution in [1.29, 1.82) is 0 Å². The van der Waals surface area contributed by atoms with E-state index in [2.05, 4.69) is 32.7 Å². The van der Waals surface area contributed by atoms with Crippen LogP contribution in [0.2, 0.25) is 5.02 Å². The summed E-state index contributed by atoms with van der Waals surface area (Å²) in [5.74, 6) is 1.93. The van der Waals surface area contributed by atoms with Gasteiger partial charge in [-0.15, -0.1) is 0 Å². The maximum Gasteiger partial charge on any atom is 0.261 e. The molecule has 2 amide bonds. The SMILES string of the molecule is O=C1Cc2cccc(Oc3cccc(CCCCCOCCOc4ccc(-c5ccc6ncnc(Nc7ccc(OCc8cccc(F)c8)c(Cl)c7)c6c5)cc4)c3)c2C(=O)N1. The van der Waals surface area contributed by atoms with Crippen molar-refractivity contribution in [2.45, 2.75) is 38.7 Å². The first-order valence-electron chi connectivity index (χ1n) is 20.1. The van der Waals surface area contributed by atoms with Crippen LogP contribution in [-0.4, -0.2) is 41.6 Å². The molecule has 61 heavy (non-hydrogen) atoms. The molecule has 8 rings (SSSR count). The first kappa shape index (κ1) is 40.9. The number of rotatable bonds is 18. The van der Waals surface area contributed by atoms with Crippen LogP contribution in [0.4, 0.5) is 15.9 Å². The van der Waals surface area contributed by atoms with Gasteiger partial charge in [-0.2, -0.15) is 0 Å². The summed E-state index contributed by atoms with van der Waals surface area (Å²) >= 11 is 6.55. The van der Waals surface area contributed by atoms with E-state index in [4.69, 9.17) is 30.5 Å². The molecule has 0 aliphatic carbocycles. The summed E-state index contributed by atoms with van der Waals surface area (Å²) in [4.78, 5) is 33.2. The lowest BCUT2D eigenvalue weighted by atomic mass is 9.99. The van der Waals surface area contributed by atoms with Gasteiger partial charge in [0.15, 0.2) is 0 Å². The fraction of sp³-hybridized carbons (Fsp3) is 0.184. The number of carbonyl (C=O) groups is 2. The molecule has 7 aromatic rings. The molecule has 0 saturated heterocycles. The van der Waals surface area contributed by atoms with E-state index in [-0.39, 0.29) is 24.8 Å². The number of unbranched alkanes of at least 4 members (excludes halogenated alkanes) is 2. The van der Waals surface area contributed by atoms with E-state index in [1.54, 1.807) is 42.5 Å². The van der Waals surface area contributed by atoms with Crippen LogP contribution in [0, 0.1) is 5.82 Å². The van der Waals surface area contributed by atoms with Crippen molar-refractivity contribution in [2.24, 2.45) is 0 Å². The molecule has 10 nitrogen and oxygen atoms in total. The molecular formula is C49H42ClFN4O6. The number of benzene rings is 6. The zero-order valence-electron chi connectivity index (χ0n) is 33.2. The highest BCUT2D eigenvalue weighted by atomic mass is 35.5. The van der Waals surface area contributed by atoms with E-state index < -0.39 is 5.91 Å². The van der Waals surface area contributed by atoms with Crippen LogP contribution in [0.25, 0.3) is 22.0 Å². The quantitative estimate of drug-likeness (QED) is 0.0643. The van der Waals surface area contributed by atoms with Crippen LogP contribution in [0.1, 0.15) is 46.3 Å². The average molecular weight is 837 g/mol. The number of anilines is 2. The third kappa shape index (κ3) is 10.7. The first-order chi connectivity index (χ1) is 29.8. The topological polar surface area (TPSA) is 121 Å². The highest BCUT2D eigenvalue weighted by Gasteiger charge is 2.26. The normalized spacial score (nSPS) is 12.2.